The van der Waals surface area contributed by atoms with E-state index in [0.29, 0.717) is 23.4 Å². The lowest BCUT2D eigenvalue weighted by atomic mass is 9.70. The van der Waals surface area contributed by atoms with Crippen LogP contribution < -0.4 is 0 Å². The average molecular weight is 1570 g/mol. The Morgan fingerprint density at radius 1 is 0.333 bits per heavy atom. The topological polar surface area (TPSA) is 34.1 Å². The van der Waals surface area contributed by atoms with E-state index in [0.717, 1.165) is 25.7 Å². The first-order valence-corrected chi connectivity index (χ1v) is 51.2. The summed E-state index contributed by atoms with van der Waals surface area (Å²) < 4.78 is 3.14. The normalized spacial score (nSPS) is 20.5. The molecule has 0 saturated heterocycles. The molecule has 8 heteroatoms. The van der Waals surface area contributed by atoms with Gasteiger partial charge in [0.15, 0.2) is 0 Å². The molecule has 3 aliphatic carbocycles. The second kappa shape index (κ2) is 44.8. The molecule has 7 aromatic rings. The third kappa shape index (κ3) is 21.2. The van der Waals surface area contributed by atoms with Crippen molar-refractivity contribution >= 4 is 101 Å². The van der Waals surface area contributed by atoms with Gasteiger partial charge in [-0.1, -0.05) is 372 Å². The summed E-state index contributed by atoms with van der Waals surface area (Å²) in [7, 11) is 0. The molecule has 2 aliphatic heterocycles. The summed E-state index contributed by atoms with van der Waals surface area (Å²) in [4.78, 5) is 44.0. The molecule has 0 spiro atoms. The van der Waals surface area contributed by atoms with E-state index in [-0.39, 0.29) is 46.0 Å². The van der Waals surface area contributed by atoms with Crippen LogP contribution in [-0.4, -0.2) is 22.1 Å². The van der Waals surface area contributed by atoms with Gasteiger partial charge in [0.1, 0.15) is 11.6 Å². The van der Waals surface area contributed by atoms with E-state index in [9.17, 15) is 0 Å². The smallest absolute Gasteiger partial charge is 0.145 e. The molecule has 4 aromatic heterocycles. The third-order valence-electron chi connectivity index (χ3n) is 26.8. The molecule has 592 valence electrons. The van der Waals surface area contributed by atoms with Crippen molar-refractivity contribution in [2.45, 2.75) is 419 Å². The van der Waals surface area contributed by atoms with Gasteiger partial charge >= 0.3 is 0 Å². The van der Waals surface area contributed by atoms with Gasteiger partial charge < -0.3 is 0 Å². The highest BCUT2D eigenvalue weighted by Gasteiger charge is 2.65. The molecule has 10 atom stereocenters. The Morgan fingerprint density at radius 3 is 1.01 bits per heavy atom. The number of benzene rings is 3. The van der Waals surface area contributed by atoms with Crippen LogP contribution in [0.3, 0.4) is 0 Å². The van der Waals surface area contributed by atoms with Crippen LogP contribution in [0.5, 0.6) is 0 Å². The lowest BCUT2D eigenvalue weighted by Crippen LogP contribution is -2.36. The number of carbonyl (C=O) groups excluding carboxylic acids is 2. The van der Waals surface area contributed by atoms with Crippen LogP contribution >= 0.6 is 68.9 Å². The van der Waals surface area contributed by atoms with Gasteiger partial charge in [-0.2, -0.15) is 0 Å². The van der Waals surface area contributed by atoms with Crippen LogP contribution in [0.4, 0.5) is 0 Å². The summed E-state index contributed by atoms with van der Waals surface area (Å²) in [5.74, 6) is 2.68. The van der Waals surface area contributed by atoms with E-state index in [1.54, 1.807) is 47.3 Å². The Labute approximate surface area is 683 Å². The number of fused-ring (bicyclic) bond motifs is 12. The monoisotopic (exact) mass is 1570 g/mol. The van der Waals surface area contributed by atoms with Crippen molar-refractivity contribution in [2.24, 2.45) is 23.7 Å². The maximum Gasteiger partial charge on any atom is 0.145 e. The van der Waals surface area contributed by atoms with Gasteiger partial charge in [0.2, 0.25) is 0 Å². The Hall–Kier alpha value is -2.98. The van der Waals surface area contributed by atoms with Crippen LogP contribution in [0, 0.1) is 23.7 Å². The fraction of sp³-hybridized carbons (Fsp3) is 0.680. The third-order valence-corrected chi connectivity index (χ3v) is 35.5. The summed E-state index contributed by atoms with van der Waals surface area (Å²) in [6.45, 7) is 14.1. The van der Waals surface area contributed by atoms with E-state index in [4.69, 9.17) is 0 Å². The largest absolute Gasteiger partial charge is 0.299 e. The molecule has 10 unspecified atom stereocenters. The van der Waals surface area contributed by atoms with Crippen molar-refractivity contribution < 1.29 is 9.59 Å². The number of carbonyl (C=O) groups is 2. The first kappa shape index (κ1) is 84.4. The van der Waals surface area contributed by atoms with Gasteiger partial charge in [0, 0.05) is 70.8 Å². The zero-order valence-corrected chi connectivity index (χ0v) is 73.6. The molecule has 0 radical (unpaired) electrons. The van der Waals surface area contributed by atoms with Gasteiger partial charge in [-0.05, 0) is 144 Å². The van der Waals surface area contributed by atoms with Gasteiger partial charge in [0.05, 0.1) is 11.8 Å². The molecule has 0 N–H and O–H groups in total. The molecule has 3 saturated carbocycles. The molecule has 3 aromatic carbocycles. The molecule has 2 nitrogen and oxygen atoms in total. The van der Waals surface area contributed by atoms with E-state index < -0.39 is 0 Å². The molecule has 0 amide bonds. The SMILES string of the molecule is CCCCCCCCCCCCc1c2cc(-c3sc4c(c3C(CCCCCCC)CCCCCCCCC)SC3C4C(=O)C4CC5C(CC43)C(=O)C3c4sc(-c6ccccc6)c(C(CCCCCCC)CCCCCCCCC)c4SC35)sc2c(CCCCCCCCCCCC)c2cc(-c3ccccc3)sc12. The molecular formula is C100H144O2S6. The van der Waals surface area contributed by atoms with Gasteiger partial charge in [-0.25, -0.2) is 0 Å². The summed E-state index contributed by atoms with van der Waals surface area (Å²) in [5.41, 5.74) is 9.22. The molecular weight excluding hydrogens is 1430 g/mol. The molecule has 12 rings (SSSR count). The number of thiophene rings is 4. The number of rotatable bonds is 55. The second-order valence-electron chi connectivity index (χ2n) is 34.9. The quantitative estimate of drug-likeness (QED) is 0.0356. The Balaban J connectivity index is 0.886. The summed E-state index contributed by atoms with van der Waals surface area (Å²) >= 11 is 12.7. The Bertz CT molecular complexity index is 3720. The molecule has 3 fully saturated rings. The van der Waals surface area contributed by atoms with Crippen molar-refractivity contribution in [1.29, 1.82) is 0 Å². The van der Waals surface area contributed by atoms with Crippen molar-refractivity contribution in [2.75, 3.05) is 0 Å². The number of Topliss-reactive ketones (excluding diaryl/α,β-unsaturated/α-hetero) is 2. The van der Waals surface area contributed by atoms with Crippen LogP contribution in [0.2, 0.25) is 0 Å². The number of hydrogen-bond donors (Lipinski definition) is 0. The van der Waals surface area contributed by atoms with Gasteiger partial charge in [-0.3, -0.25) is 9.59 Å². The number of ketones is 2. The summed E-state index contributed by atoms with van der Waals surface area (Å²) in [6, 6.07) is 28.1. The lowest BCUT2D eigenvalue weighted by molar-refractivity contribution is -0.127. The maximum atomic E-state index is 16.3. The van der Waals surface area contributed by atoms with E-state index in [1.165, 1.54) is 354 Å². The highest BCUT2D eigenvalue weighted by molar-refractivity contribution is 8.01. The van der Waals surface area contributed by atoms with Gasteiger partial charge in [0.25, 0.3) is 0 Å². The average Bonchev–Trinajstić information content (AvgIpc) is 1.52. The minimum Gasteiger partial charge on any atom is -0.299 e. The van der Waals surface area contributed by atoms with Crippen LogP contribution in [0.1, 0.15) is 418 Å². The van der Waals surface area contributed by atoms with Crippen molar-refractivity contribution in [3.8, 4) is 30.6 Å². The zero-order valence-electron chi connectivity index (χ0n) is 68.7. The number of aryl methyl sites for hydroxylation is 2. The van der Waals surface area contributed by atoms with Crippen molar-refractivity contribution in [3.05, 3.63) is 105 Å². The van der Waals surface area contributed by atoms with Crippen LogP contribution in [0.25, 0.3) is 50.8 Å². The summed E-state index contributed by atoms with van der Waals surface area (Å²) in [5, 5.41) is 3.61. The van der Waals surface area contributed by atoms with Crippen molar-refractivity contribution in [3.63, 3.8) is 0 Å². The number of unbranched alkanes of at least 4 members (excludes halogenated alkanes) is 38. The van der Waals surface area contributed by atoms with E-state index >= 15 is 9.59 Å². The minimum absolute atomic E-state index is 0.0275. The highest BCUT2D eigenvalue weighted by atomic mass is 32.2. The predicted molar refractivity (Wildman–Crippen MR) is 482 cm³/mol. The van der Waals surface area contributed by atoms with Crippen LogP contribution in [-0.2, 0) is 22.4 Å². The number of thioether (sulfide) groups is 2. The Kier molecular flexibility index (Phi) is 35.0. The van der Waals surface area contributed by atoms with Gasteiger partial charge in [-0.15, -0.1) is 68.9 Å². The second-order valence-corrected chi connectivity index (χ2v) is 41.5. The van der Waals surface area contributed by atoms with E-state index in [2.05, 4.69) is 172 Å². The minimum atomic E-state index is -0.0523. The maximum absolute atomic E-state index is 16.3. The first-order valence-electron chi connectivity index (χ1n) is 46.2. The standard InChI is InChI=1S/C100H144O2S6/c1-7-13-19-25-29-31-33-37-43-55-65-75-81-69-83(71-57-51-45-52-58-71)103-92(81)76(66-56-44-38-34-32-30-26-20-14-8-2)82-70-84(104-93(75)82)96-86(73(61-48-40-24-18-12-6)62-50-42-36-28-22-16-10-4)98-100(108-96)88-90(102)78-68-79-77(67-80(78)95(88)107-98)89(101)87-94(79)106-97-85(91(105-99(87)97)74-63-53-46-54-64-74)72(59-47-39-23-17-11-5)60-49-41-35-27-21-15-9-3/h45-46,51-54,57-58,63-64,69-70,72-73,77-80,87-88,94-95H,7-44,47-50,55-56,59-62,65-68H2,1-6H3. The molecule has 108 heavy (non-hydrogen) atoms. The Morgan fingerprint density at radius 2 is 0.639 bits per heavy atom. The molecule has 0 bridgehead atoms. The molecule has 5 aliphatic rings. The van der Waals surface area contributed by atoms with Crippen molar-refractivity contribution in [1.82, 2.24) is 0 Å². The fourth-order valence-electron chi connectivity index (χ4n) is 20.7. The van der Waals surface area contributed by atoms with E-state index in [1.807, 2.05) is 11.3 Å². The predicted octanol–water partition coefficient (Wildman–Crippen LogP) is 34.6. The first-order chi connectivity index (χ1) is 53.3. The highest BCUT2D eigenvalue weighted by Crippen LogP contribution is 2.71. The fourth-order valence-corrected chi connectivity index (χ4v) is 30.7. The summed E-state index contributed by atoms with van der Waals surface area (Å²) in [6.07, 6.45) is 68.1. The zero-order chi connectivity index (χ0) is 74.8. The van der Waals surface area contributed by atoms with Crippen LogP contribution in [0.15, 0.2) is 82.6 Å². The lowest BCUT2D eigenvalue weighted by Gasteiger charge is -2.36. The molecule has 6 heterocycles. The number of hydrogen-bond acceptors (Lipinski definition) is 8.